The molecule has 1 aromatic carbocycles. The van der Waals surface area contributed by atoms with Crippen molar-refractivity contribution >= 4 is 37.6 Å². The van der Waals surface area contributed by atoms with E-state index in [4.69, 9.17) is 5.11 Å². The van der Waals surface area contributed by atoms with Crippen LogP contribution in [0.5, 0.6) is 0 Å². The van der Waals surface area contributed by atoms with Gasteiger partial charge in [-0.25, -0.2) is 13.2 Å². The number of anilines is 1. The molecule has 0 atom stereocenters. The number of halogens is 1. The van der Waals surface area contributed by atoms with Gasteiger partial charge in [-0.2, -0.15) is 0 Å². The summed E-state index contributed by atoms with van der Waals surface area (Å²) in [6.07, 6.45) is 5.14. The zero-order valence-corrected chi connectivity index (χ0v) is 13.9. The van der Waals surface area contributed by atoms with E-state index in [1.165, 1.54) is 18.6 Å². The van der Waals surface area contributed by atoms with Crippen molar-refractivity contribution in [2.45, 2.75) is 32.1 Å². The van der Waals surface area contributed by atoms with E-state index in [1.807, 2.05) is 0 Å². The maximum atomic E-state index is 12.2. The highest BCUT2D eigenvalue weighted by Gasteiger charge is 2.23. The lowest BCUT2D eigenvalue weighted by atomic mass is 9.91. The second kappa shape index (κ2) is 6.79. The summed E-state index contributed by atoms with van der Waals surface area (Å²) in [5.74, 6) is -0.937. The maximum absolute atomic E-state index is 12.2. The summed E-state index contributed by atoms with van der Waals surface area (Å²) in [6, 6.07) is 4.43. The van der Waals surface area contributed by atoms with Gasteiger partial charge in [-0.05, 0) is 37.0 Å². The largest absolute Gasteiger partial charge is 0.478 e. The number of hydrogen-bond donors (Lipinski definition) is 2. The van der Waals surface area contributed by atoms with Crippen LogP contribution in [0.3, 0.4) is 0 Å². The highest BCUT2D eigenvalue weighted by molar-refractivity contribution is 9.10. The third kappa shape index (κ3) is 4.71. The van der Waals surface area contributed by atoms with E-state index in [2.05, 4.69) is 20.7 Å². The topological polar surface area (TPSA) is 83.5 Å². The lowest BCUT2D eigenvalue weighted by Crippen LogP contribution is -2.25. The van der Waals surface area contributed by atoms with Gasteiger partial charge in [0.1, 0.15) is 0 Å². The second-order valence-corrected chi connectivity index (χ2v) is 8.07. The van der Waals surface area contributed by atoms with E-state index in [9.17, 15) is 13.2 Å². The van der Waals surface area contributed by atoms with Crippen LogP contribution in [0, 0.1) is 5.92 Å². The number of carbonyl (C=O) groups is 1. The smallest absolute Gasteiger partial charge is 0.337 e. The standard InChI is InChI=1S/C14H18BrNO4S/c15-11-6-7-12(14(17)18)13(8-11)16-21(19,20)9-10-4-2-1-3-5-10/h6-8,10,16H,1-5,9H2,(H,17,18). The van der Waals surface area contributed by atoms with Crippen LogP contribution in [0.15, 0.2) is 22.7 Å². The molecular formula is C14H18BrNO4S. The summed E-state index contributed by atoms with van der Waals surface area (Å²) in [4.78, 5) is 11.2. The van der Waals surface area contributed by atoms with Crippen molar-refractivity contribution in [1.82, 2.24) is 0 Å². The fourth-order valence-corrected chi connectivity index (χ4v) is 4.56. The molecule has 0 saturated heterocycles. The van der Waals surface area contributed by atoms with E-state index < -0.39 is 16.0 Å². The minimum absolute atomic E-state index is 0.0505. The van der Waals surface area contributed by atoms with Gasteiger partial charge in [-0.3, -0.25) is 4.72 Å². The number of rotatable bonds is 5. The molecule has 21 heavy (non-hydrogen) atoms. The molecule has 7 heteroatoms. The van der Waals surface area contributed by atoms with Crippen LogP contribution < -0.4 is 4.72 Å². The summed E-state index contributed by atoms with van der Waals surface area (Å²) in [5, 5.41) is 9.12. The van der Waals surface area contributed by atoms with Crippen molar-refractivity contribution in [1.29, 1.82) is 0 Å². The summed E-state index contributed by atoms with van der Waals surface area (Å²) >= 11 is 3.22. The van der Waals surface area contributed by atoms with Crippen molar-refractivity contribution in [2.75, 3.05) is 10.5 Å². The predicted octanol–water partition coefficient (Wildman–Crippen LogP) is 3.47. The third-order valence-corrected chi connectivity index (χ3v) is 5.59. The highest BCUT2D eigenvalue weighted by Crippen LogP contribution is 2.27. The fraction of sp³-hybridized carbons (Fsp3) is 0.500. The van der Waals surface area contributed by atoms with Crippen LogP contribution in [-0.2, 0) is 10.0 Å². The Kier molecular flexibility index (Phi) is 5.27. The Morgan fingerprint density at radius 1 is 1.29 bits per heavy atom. The van der Waals surface area contributed by atoms with E-state index in [0.29, 0.717) is 4.47 Å². The molecule has 1 saturated carbocycles. The highest BCUT2D eigenvalue weighted by atomic mass is 79.9. The zero-order valence-electron chi connectivity index (χ0n) is 11.5. The Bertz CT molecular complexity index is 624. The summed E-state index contributed by atoms with van der Waals surface area (Å²) < 4.78 is 27.5. The molecule has 1 aromatic rings. The molecule has 0 unspecified atom stereocenters. The van der Waals surface area contributed by atoms with Crippen LogP contribution in [0.2, 0.25) is 0 Å². The molecule has 2 N–H and O–H groups in total. The molecular weight excluding hydrogens is 358 g/mol. The second-order valence-electron chi connectivity index (χ2n) is 5.38. The van der Waals surface area contributed by atoms with Crippen molar-refractivity contribution < 1.29 is 18.3 Å². The first kappa shape index (κ1) is 16.3. The number of aromatic carboxylic acids is 1. The molecule has 0 heterocycles. The van der Waals surface area contributed by atoms with Crippen LogP contribution in [0.25, 0.3) is 0 Å². The van der Waals surface area contributed by atoms with Crippen LogP contribution in [0.1, 0.15) is 42.5 Å². The van der Waals surface area contributed by atoms with Gasteiger partial charge in [0.2, 0.25) is 10.0 Å². The normalized spacial score (nSPS) is 16.6. The van der Waals surface area contributed by atoms with E-state index in [1.54, 1.807) is 6.07 Å². The molecule has 1 aliphatic carbocycles. The van der Waals surface area contributed by atoms with Gasteiger partial charge >= 0.3 is 5.97 Å². The first-order valence-electron chi connectivity index (χ1n) is 6.91. The average Bonchev–Trinajstić information content (AvgIpc) is 2.38. The Labute approximate surface area is 132 Å². The predicted molar refractivity (Wildman–Crippen MR) is 85.1 cm³/mol. The quantitative estimate of drug-likeness (QED) is 0.824. The zero-order chi connectivity index (χ0) is 15.5. The number of hydrogen-bond acceptors (Lipinski definition) is 3. The molecule has 0 bridgehead atoms. The van der Waals surface area contributed by atoms with Gasteiger partial charge in [0.25, 0.3) is 0 Å². The van der Waals surface area contributed by atoms with E-state index in [0.717, 1.165) is 25.7 Å². The number of carboxylic acid groups (broad SMARTS) is 1. The SMILES string of the molecule is O=C(O)c1ccc(Br)cc1NS(=O)(=O)CC1CCCCC1. The third-order valence-electron chi connectivity index (χ3n) is 3.66. The Morgan fingerprint density at radius 3 is 2.57 bits per heavy atom. The van der Waals surface area contributed by atoms with Crippen LogP contribution in [0.4, 0.5) is 5.69 Å². The molecule has 1 fully saturated rings. The number of benzene rings is 1. The first-order chi connectivity index (χ1) is 9.87. The Hall–Kier alpha value is -1.08. The number of nitrogens with one attached hydrogen (secondary N) is 1. The van der Waals surface area contributed by atoms with E-state index in [-0.39, 0.29) is 22.9 Å². The lowest BCUT2D eigenvalue weighted by Gasteiger charge is -2.21. The molecule has 5 nitrogen and oxygen atoms in total. The molecule has 116 valence electrons. The van der Waals surface area contributed by atoms with Gasteiger partial charge in [0.15, 0.2) is 0 Å². The van der Waals surface area contributed by atoms with Crippen molar-refractivity contribution in [3.63, 3.8) is 0 Å². The minimum atomic E-state index is -3.54. The average molecular weight is 376 g/mol. The van der Waals surface area contributed by atoms with Crippen molar-refractivity contribution in [3.8, 4) is 0 Å². The van der Waals surface area contributed by atoms with Crippen molar-refractivity contribution in [2.24, 2.45) is 5.92 Å². The van der Waals surface area contributed by atoms with Gasteiger partial charge < -0.3 is 5.11 Å². The van der Waals surface area contributed by atoms with Gasteiger partial charge in [-0.1, -0.05) is 35.2 Å². The molecule has 0 radical (unpaired) electrons. The van der Waals surface area contributed by atoms with E-state index >= 15 is 0 Å². The maximum Gasteiger partial charge on any atom is 0.337 e. The van der Waals surface area contributed by atoms with Crippen LogP contribution >= 0.6 is 15.9 Å². The fourth-order valence-electron chi connectivity index (χ4n) is 2.66. The van der Waals surface area contributed by atoms with Gasteiger partial charge in [-0.15, -0.1) is 0 Å². The summed E-state index contributed by atoms with van der Waals surface area (Å²) in [6.45, 7) is 0. The summed E-state index contributed by atoms with van der Waals surface area (Å²) in [5.41, 5.74) is 0.0538. The molecule has 2 rings (SSSR count). The minimum Gasteiger partial charge on any atom is -0.478 e. The first-order valence-corrected chi connectivity index (χ1v) is 9.35. The van der Waals surface area contributed by atoms with Crippen molar-refractivity contribution in [3.05, 3.63) is 28.2 Å². The van der Waals surface area contributed by atoms with Crippen LogP contribution in [-0.4, -0.2) is 25.2 Å². The number of sulfonamides is 1. The monoisotopic (exact) mass is 375 g/mol. The van der Waals surface area contributed by atoms with Gasteiger partial charge in [0.05, 0.1) is 17.0 Å². The lowest BCUT2D eigenvalue weighted by molar-refractivity contribution is 0.0698. The molecule has 0 amide bonds. The Balaban J connectivity index is 2.15. The number of carboxylic acids is 1. The molecule has 0 aliphatic heterocycles. The summed E-state index contributed by atoms with van der Waals surface area (Å²) in [7, 11) is -3.54. The molecule has 0 spiro atoms. The molecule has 0 aromatic heterocycles. The van der Waals surface area contributed by atoms with Gasteiger partial charge in [0, 0.05) is 4.47 Å². The molecule has 1 aliphatic rings. The Morgan fingerprint density at radius 2 is 1.95 bits per heavy atom.